The van der Waals surface area contributed by atoms with E-state index in [9.17, 15) is 0 Å². The number of rotatable bonds is 7. The van der Waals surface area contributed by atoms with Crippen molar-refractivity contribution in [2.24, 2.45) is 7.05 Å². The van der Waals surface area contributed by atoms with Crippen LogP contribution in [0.4, 0.5) is 0 Å². The molecule has 1 fully saturated rings. The third-order valence-electron chi connectivity index (χ3n) is 3.83. The van der Waals surface area contributed by atoms with Crippen LogP contribution in [0.2, 0.25) is 0 Å². The van der Waals surface area contributed by atoms with Crippen LogP contribution >= 0.6 is 0 Å². The lowest BCUT2D eigenvalue weighted by molar-refractivity contribution is 0.331. The first-order valence-electron chi connectivity index (χ1n) is 7.62. The van der Waals surface area contributed by atoms with Crippen molar-refractivity contribution in [1.29, 1.82) is 0 Å². The third kappa shape index (κ3) is 4.32. The Morgan fingerprint density at radius 1 is 1.32 bits per heavy atom. The lowest BCUT2D eigenvalue weighted by Crippen LogP contribution is -2.24. The summed E-state index contributed by atoms with van der Waals surface area (Å²) in [7, 11) is 2.00. The highest BCUT2D eigenvalue weighted by atomic mass is 15.3. The molecule has 2 heterocycles. The minimum absolute atomic E-state index is 0.502. The van der Waals surface area contributed by atoms with Gasteiger partial charge in [-0.1, -0.05) is 13.8 Å². The number of hydrogen-bond acceptors (Lipinski definition) is 3. The van der Waals surface area contributed by atoms with E-state index in [1.807, 2.05) is 11.7 Å². The molecule has 2 rings (SSSR count). The van der Waals surface area contributed by atoms with Crippen LogP contribution in [0.15, 0.2) is 6.20 Å². The van der Waals surface area contributed by atoms with E-state index in [4.69, 9.17) is 0 Å². The molecule has 19 heavy (non-hydrogen) atoms. The summed E-state index contributed by atoms with van der Waals surface area (Å²) in [6.45, 7) is 10.3. The van der Waals surface area contributed by atoms with Gasteiger partial charge in [-0.25, -0.2) is 0 Å². The fourth-order valence-corrected chi connectivity index (χ4v) is 2.83. The highest BCUT2D eigenvalue weighted by Crippen LogP contribution is 2.16. The molecule has 0 amide bonds. The predicted octanol–water partition coefficient (Wildman–Crippen LogP) is 2.12. The molecule has 1 aliphatic heterocycles. The van der Waals surface area contributed by atoms with Crippen molar-refractivity contribution in [3.8, 4) is 0 Å². The topological polar surface area (TPSA) is 33.1 Å². The van der Waals surface area contributed by atoms with Crippen molar-refractivity contribution in [1.82, 2.24) is 20.0 Å². The SMILES string of the molecule is CC(C)c1nn(C)cc1CNCCCN1CCCC1. The van der Waals surface area contributed by atoms with Gasteiger partial charge < -0.3 is 10.2 Å². The predicted molar refractivity (Wildman–Crippen MR) is 79.3 cm³/mol. The molecule has 0 aromatic carbocycles. The lowest BCUT2D eigenvalue weighted by atomic mass is 10.1. The van der Waals surface area contributed by atoms with Gasteiger partial charge in [0.05, 0.1) is 5.69 Å². The minimum atomic E-state index is 0.502. The van der Waals surface area contributed by atoms with Crippen LogP contribution in [0.5, 0.6) is 0 Å². The maximum Gasteiger partial charge on any atom is 0.0694 e. The first kappa shape index (κ1) is 14.5. The Bertz CT molecular complexity index is 377. The molecule has 4 heteroatoms. The molecule has 0 aliphatic carbocycles. The van der Waals surface area contributed by atoms with Crippen molar-refractivity contribution >= 4 is 0 Å². The van der Waals surface area contributed by atoms with Crippen LogP contribution in [0.1, 0.15) is 50.3 Å². The fourth-order valence-electron chi connectivity index (χ4n) is 2.83. The summed E-state index contributed by atoms with van der Waals surface area (Å²) in [5, 5.41) is 8.09. The highest BCUT2D eigenvalue weighted by Gasteiger charge is 2.12. The van der Waals surface area contributed by atoms with Gasteiger partial charge >= 0.3 is 0 Å². The Balaban J connectivity index is 1.67. The number of nitrogens with zero attached hydrogens (tertiary/aromatic N) is 3. The van der Waals surface area contributed by atoms with Crippen LogP contribution in [0.3, 0.4) is 0 Å². The fraction of sp³-hybridized carbons (Fsp3) is 0.800. The van der Waals surface area contributed by atoms with Gasteiger partial charge in [-0.3, -0.25) is 4.68 Å². The van der Waals surface area contributed by atoms with Crippen LogP contribution in [0.25, 0.3) is 0 Å². The number of aromatic nitrogens is 2. The number of likely N-dealkylation sites (tertiary alicyclic amines) is 1. The molecule has 1 aromatic rings. The van der Waals surface area contributed by atoms with E-state index in [0.29, 0.717) is 5.92 Å². The van der Waals surface area contributed by atoms with Gasteiger partial charge in [0, 0.05) is 25.4 Å². The van der Waals surface area contributed by atoms with E-state index >= 15 is 0 Å². The van der Waals surface area contributed by atoms with Gasteiger partial charge in [-0.15, -0.1) is 0 Å². The summed E-state index contributed by atoms with van der Waals surface area (Å²) >= 11 is 0. The molecule has 0 unspecified atom stereocenters. The van der Waals surface area contributed by atoms with E-state index in [-0.39, 0.29) is 0 Å². The molecule has 0 radical (unpaired) electrons. The zero-order valence-electron chi connectivity index (χ0n) is 12.7. The highest BCUT2D eigenvalue weighted by molar-refractivity contribution is 5.19. The Hall–Kier alpha value is -0.870. The van der Waals surface area contributed by atoms with E-state index in [2.05, 4.69) is 35.4 Å². The zero-order chi connectivity index (χ0) is 13.7. The summed E-state index contributed by atoms with van der Waals surface area (Å²) < 4.78 is 1.93. The van der Waals surface area contributed by atoms with Gasteiger partial charge in [-0.2, -0.15) is 5.10 Å². The Labute approximate surface area is 117 Å². The second-order valence-electron chi connectivity index (χ2n) is 5.95. The molecule has 0 bridgehead atoms. The molecular formula is C15H28N4. The van der Waals surface area contributed by atoms with Crippen molar-refractivity contribution in [2.45, 2.75) is 45.6 Å². The summed E-state index contributed by atoms with van der Waals surface area (Å²) in [6.07, 6.45) is 6.17. The summed E-state index contributed by atoms with van der Waals surface area (Å²) in [5.41, 5.74) is 2.58. The van der Waals surface area contributed by atoms with Crippen LogP contribution in [0, 0.1) is 0 Å². The number of hydrogen-bond donors (Lipinski definition) is 1. The van der Waals surface area contributed by atoms with Crippen molar-refractivity contribution in [3.05, 3.63) is 17.5 Å². The smallest absolute Gasteiger partial charge is 0.0694 e. The standard InChI is InChI=1S/C15H28N4/c1-13(2)15-14(12-18(3)17-15)11-16-7-6-10-19-8-4-5-9-19/h12-13,16H,4-11H2,1-3H3. The number of nitrogens with one attached hydrogen (secondary N) is 1. The second kappa shape index (κ2) is 7.06. The lowest BCUT2D eigenvalue weighted by Gasteiger charge is -2.14. The normalized spacial score (nSPS) is 16.6. The molecule has 108 valence electrons. The van der Waals surface area contributed by atoms with Gasteiger partial charge in [0.1, 0.15) is 0 Å². The van der Waals surface area contributed by atoms with Gasteiger partial charge in [0.15, 0.2) is 0 Å². The average molecular weight is 264 g/mol. The molecule has 1 N–H and O–H groups in total. The Morgan fingerprint density at radius 3 is 2.74 bits per heavy atom. The average Bonchev–Trinajstić information content (AvgIpc) is 2.98. The number of aryl methyl sites for hydroxylation is 1. The van der Waals surface area contributed by atoms with Gasteiger partial charge in [0.2, 0.25) is 0 Å². The Kier molecular flexibility index (Phi) is 5.40. The molecule has 1 aliphatic rings. The van der Waals surface area contributed by atoms with Crippen molar-refractivity contribution < 1.29 is 0 Å². The van der Waals surface area contributed by atoms with E-state index < -0.39 is 0 Å². The summed E-state index contributed by atoms with van der Waals surface area (Å²) in [6, 6.07) is 0. The monoisotopic (exact) mass is 264 g/mol. The molecule has 4 nitrogen and oxygen atoms in total. The van der Waals surface area contributed by atoms with Crippen molar-refractivity contribution in [2.75, 3.05) is 26.2 Å². The van der Waals surface area contributed by atoms with E-state index in [0.717, 1.165) is 13.1 Å². The second-order valence-corrected chi connectivity index (χ2v) is 5.95. The summed E-state index contributed by atoms with van der Waals surface area (Å²) in [5.74, 6) is 0.502. The molecule has 0 atom stereocenters. The van der Waals surface area contributed by atoms with Crippen LogP contribution in [-0.4, -0.2) is 40.9 Å². The van der Waals surface area contributed by atoms with Gasteiger partial charge in [-0.05, 0) is 51.4 Å². The quantitative estimate of drug-likeness (QED) is 0.766. The minimum Gasteiger partial charge on any atom is -0.312 e. The maximum atomic E-state index is 4.54. The largest absolute Gasteiger partial charge is 0.312 e. The first-order valence-corrected chi connectivity index (χ1v) is 7.62. The molecule has 0 saturated carbocycles. The van der Waals surface area contributed by atoms with E-state index in [1.165, 1.54) is 50.2 Å². The Morgan fingerprint density at radius 2 is 2.05 bits per heavy atom. The zero-order valence-corrected chi connectivity index (χ0v) is 12.7. The molecular weight excluding hydrogens is 236 g/mol. The molecule has 0 spiro atoms. The van der Waals surface area contributed by atoms with Crippen LogP contribution in [-0.2, 0) is 13.6 Å². The first-order chi connectivity index (χ1) is 9.16. The molecule has 1 saturated heterocycles. The van der Waals surface area contributed by atoms with Gasteiger partial charge in [0.25, 0.3) is 0 Å². The third-order valence-corrected chi connectivity index (χ3v) is 3.83. The van der Waals surface area contributed by atoms with E-state index in [1.54, 1.807) is 0 Å². The maximum absolute atomic E-state index is 4.54. The summed E-state index contributed by atoms with van der Waals surface area (Å²) in [4.78, 5) is 2.57. The van der Waals surface area contributed by atoms with Crippen LogP contribution < -0.4 is 5.32 Å². The molecule has 1 aromatic heterocycles. The van der Waals surface area contributed by atoms with Crippen molar-refractivity contribution in [3.63, 3.8) is 0 Å².